The SMILES string of the molecule is C=CC(=O)Oc1c(C(C)c2cc(C(C)(C)CC)cc(C(C)(C)CC)c2O)cc(C(C)(C)CC)cc1C(C)(C)C. The summed E-state index contributed by atoms with van der Waals surface area (Å²) in [5.74, 6) is 0.217. The van der Waals surface area contributed by atoms with E-state index < -0.39 is 5.97 Å². The second-order valence-electron chi connectivity index (χ2n) is 14.2. The van der Waals surface area contributed by atoms with Crippen LogP contribution in [0.4, 0.5) is 0 Å². The molecule has 0 aliphatic heterocycles. The van der Waals surface area contributed by atoms with Crippen molar-refractivity contribution in [2.45, 2.75) is 137 Å². The summed E-state index contributed by atoms with van der Waals surface area (Å²) in [4.78, 5) is 12.6. The van der Waals surface area contributed by atoms with Crippen LogP contribution in [0.25, 0.3) is 0 Å². The molecule has 2 aromatic rings. The van der Waals surface area contributed by atoms with Crippen molar-refractivity contribution in [2.24, 2.45) is 0 Å². The monoisotopic (exact) mass is 534 g/mol. The van der Waals surface area contributed by atoms with Gasteiger partial charge >= 0.3 is 5.97 Å². The first-order valence-electron chi connectivity index (χ1n) is 14.7. The van der Waals surface area contributed by atoms with E-state index in [2.05, 4.69) is 121 Å². The van der Waals surface area contributed by atoms with Crippen molar-refractivity contribution in [2.75, 3.05) is 0 Å². The zero-order valence-corrected chi connectivity index (χ0v) is 27.1. The third-order valence-corrected chi connectivity index (χ3v) is 9.31. The van der Waals surface area contributed by atoms with E-state index in [1.165, 1.54) is 17.2 Å². The molecule has 39 heavy (non-hydrogen) atoms. The summed E-state index contributed by atoms with van der Waals surface area (Å²) in [7, 11) is 0. The Labute approximate surface area is 239 Å². The van der Waals surface area contributed by atoms with Gasteiger partial charge in [-0.15, -0.1) is 0 Å². The van der Waals surface area contributed by atoms with Crippen LogP contribution in [0.3, 0.4) is 0 Å². The van der Waals surface area contributed by atoms with E-state index in [0.29, 0.717) is 11.5 Å². The number of ether oxygens (including phenoxy) is 1. The van der Waals surface area contributed by atoms with Gasteiger partial charge in [0, 0.05) is 34.2 Å². The van der Waals surface area contributed by atoms with Gasteiger partial charge in [-0.1, -0.05) is 121 Å². The summed E-state index contributed by atoms with van der Waals surface area (Å²) < 4.78 is 6.03. The molecule has 0 radical (unpaired) electrons. The van der Waals surface area contributed by atoms with Crippen molar-refractivity contribution in [1.29, 1.82) is 0 Å². The molecule has 2 rings (SSSR count). The Morgan fingerprint density at radius 1 is 0.795 bits per heavy atom. The highest BCUT2D eigenvalue weighted by Gasteiger charge is 2.33. The molecule has 0 aliphatic carbocycles. The number of phenols is 1. The maximum Gasteiger partial charge on any atom is 0.335 e. The molecule has 3 nitrogen and oxygen atoms in total. The van der Waals surface area contributed by atoms with Crippen LogP contribution in [0.15, 0.2) is 36.9 Å². The number of rotatable bonds is 10. The molecule has 3 heteroatoms. The van der Waals surface area contributed by atoms with Gasteiger partial charge in [-0.05, 0) is 52.0 Å². The van der Waals surface area contributed by atoms with Crippen molar-refractivity contribution in [1.82, 2.24) is 0 Å². The molecule has 0 amide bonds. The van der Waals surface area contributed by atoms with Crippen LogP contribution in [0.5, 0.6) is 11.5 Å². The summed E-state index contributed by atoms with van der Waals surface area (Å²) >= 11 is 0. The topological polar surface area (TPSA) is 46.5 Å². The van der Waals surface area contributed by atoms with Gasteiger partial charge in [0.1, 0.15) is 11.5 Å². The van der Waals surface area contributed by atoms with Crippen LogP contribution in [0, 0.1) is 0 Å². The number of hydrogen-bond acceptors (Lipinski definition) is 3. The fourth-order valence-corrected chi connectivity index (χ4v) is 4.84. The molecular formula is C36H54O3. The Hall–Kier alpha value is -2.55. The van der Waals surface area contributed by atoms with Gasteiger partial charge in [-0.2, -0.15) is 0 Å². The standard InChI is InChI=1S/C36H54O3/c1-15-30(37)39-32-27(20-25(35(11,12)17-3)22-29(32)33(6,7)8)23(5)26-19-24(34(9,10)16-2)21-28(31(26)38)36(13,14)18-4/h15,19-23,38H,1,16-18H2,2-14H3. The van der Waals surface area contributed by atoms with Crippen LogP contribution in [0.1, 0.15) is 149 Å². The lowest BCUT2D eigenvalue weighted by molar-refractivity contribution is -0.129. The molecular weight excluding hydrogens is 480 g/mol. The van der Waals surface area contributed by atoms with Crippen molar-refractivity contribution < 1.29 is 14.6 Å². The Morgan fingerprint density at radius 2 is 1.23 bits per heavy atom. The van der Waals surface area contributed by atoms with Crippen molar-refractivity contribution >= 4 is 5.97 Å². The first-order chi connectivity index (χ1) is 17.8. The van der Waals surface area contributed by atoms with Gasteiger partial charge in [-0.3, -0.25) is 0 Å². The van der Waals surface area contributed by atoms with Crippen molar-refractivity contribution in [3.05, 3.63) is 70.3 Å². The molecule has 1 unspecified atom stereocenters. The van der Waals surface area contributed by atoms with E-state index in [4.69, 9.17) is 4.74 Å². The zero-order valence-electron chi connectivity index (χ0n) is 27.1. The fourth-order valence-electron chi connectivity index (χ4n) is 4.84. The van der Waals surface area contributed by atoms with Crippen molar-refractivity contribution in [3.63, 3.8) is 0 Å². The highest BCUT2D eigenvalue weighted by molar-refractivity contribution is 5.84. The minimum absolute atomic E-state index is 0.0541. The Kier molecular flexibility index (Phi) is 9.64. The van der Waals surface area contributed by atoms with Gasteiger partial charge < -0.3 is 9.84 Å². The Balaban J connectivity index is 3.07. The van der Waals surface area contributed by atoms with Gasteiger partial charge in [0.15, 0.2) is 0 Å². The van der Waals surface area contributed by atoms with Gasteiger partial charge in [0.2, 0.25) is 0 Å². The second-order valence-corrected chi connectivity index (χ2v) is 14.2. The minimum atomic E-state index is -0.477. The quantitative estimate of drug-likeness (QED) is 0.187. The molecule has 2 aromatic carbocycles. The lowest BCUT2D eigenvalue weighted by Crippen LogP contribution is -2.23. The molecule has 0 spiro atoms. The number of aromatic hydroxyl groups is 1. The van der Waals surface area contributed by atoms with Gasteiger partial charge in [0.25, 0.3) is 0 Å². The summed E-state index contributed by atoms with van der Waals surface area (Å²) in [6.07, 6.45) is 4.07. The molecule has 216 valence electrons. The largest absolute Gasteiger partial charge is 0.507 e. The number of benzene rings is 2. The Morgan fingerprint density at radius 3 is 1.64 bits per heavy atom. The summed E-state index contributed by atoms with van der Waals surface area (Å²) in [5, 5.41) is 11.8. The molecule has 0 saturated heterocycles. The third-order valence-electron chi connectivity index (χ3n) is 9.31. The number of carbonyl (C=O) groups excluding carboxylic acids is 1. The van der Waals surface area contributed by atoms with Gasteiger partial charge in [-0.25, -0.2) is 4.79 Å². The molecule has 0 fully saturated rings. The molecule has 0 heterocycles. The molecule has 1 N–H and O–H groups in total. The molecule has 0 aliphatic rings. The normalized spacial score (nSPS) is 13.8. The first kappa shape index (κ1) is 32.7. The average molecular weight is 535 g/mol. The lowest BCUT2D eigenvalue weighted by Gasteiger charge is -2.34. The van der Waals surface area contributed by atoms with Gasteiger partial charge in [0.05, 0.1) is 0 Å². The number of carbonyl (C=O) groups is 1. The van der Waals surface area contributed by atoms with E-state index in [1.807, 2.05) is 0 Å². The van der Waals surface area contributed by atoms with E-state index >= 15 is 0 Å². The summed E-state index contributed by atoms with van der Waals surface area (Å²) in [5.41, 5.74) is 5.56. The average Bonchev–Trinajstić information content (AvgIpc) is 2.87. The summed E-state index contributed by atoms with van der Waals surface area (Å²) in [6, 6.07) is 8.77. The number of phenolic OH excluding ortho intramolecular Hbond substituents is 1. The fraction of sp³-hybridized carbons (Fsp3) is 0.583. The molecule has 0 aromatic heterocycles. The van der Waals surface area contributed by atoms with Crippen LogP contribution in [0.2, 0.25) is 0 Å². The first-order valence-corrected chi connectivity index (χ1v) is 14.7. The minimum Gasteiger partial charge on any atom is -0.507 e. The smallest absolute Gasteiger partial charge is 0.335 e. The molecule has 1 atom stereocenters. The summed E-state index contributed by atoms with van der Waals surface area (Å²) in [6.45, 7) is 32.2. The maximum atomic E-state index is 12.6. The lowest BCUT2D eigenvalue weighted by atomic mass is 9.72. The number of hydrogen-bond donors (Lipinski definition) is 1. The second kappa shape index (κ2) is 11.5. The predicted octanol–water partition coefficient (Wildman–Crippen LogP) is 10.00. The van der Waals surface area contributed by atoms with E-state index in [1.54, 1.807) is 0 Å². The Bertz CT molecular complexity index is 1200. The zero-order chi connectivity index (χ0) is 30.1. The molecule has 0 bridgehead atoms. The van der Waals surface area contributed by atoms with Crippen molar-refractivity contribution in [3.8, 4) is 11.5 Å². The van der Waals surface area contributed by atoms with E-state index in [0.717, 1.165) is 41.5 Å². The number of esters is 1. The van der Waals surface area contributed by atoms with E-state index in [9.17, 15) is 9.90 Å². The predicted molar refractivity (Wildman–Crippen MR) is 167 cm³/mol. The van der Waals surface area contributed by atoms with Crippen LogP contribution < -0.4 is 4.74 Å². The maximum absolute atomic E-state index is 12.6. The third kappa shape index (κ3) is 6.79. The van der Waals surface area contributed by atoms with E-state index in [-0.39, 0.29) is 27.6 Å². The molecule has 0 saturated carbocycles. The highest BCUT2D eigenvalue weighted by Crippen LogP contribution is 2.48. The van der Waals surface area contributed by atoms with Crippen LogP contribution >= 0.6 is 0 Å². The van der Waals surface area contributed by atoms with Crippen LogP contribution in [-0.4, -0.2) is 11.1 Å². The highest BCUT2D eigenvalue weighted by atomic mass is 16.5. The van der Waals surface area contributed by atoms with Crippen LogP contribution in [-0.2, 0) is 26.5 Å².